The molecule has 132 valence electrons. The van der Waals surface area contributed by atoms with E-state index in [0.29, 0.717) is 44.2 Å². The monoisotopic (exact) mass is 353 g/mol. The van der Waals surface area contributed by atoms with Crippen molar-refractivity contribution in [3.8, 4) is 5.75 Å². The third kappa shape index (κ3) is 3.34. The average molecular weight is 353 g/mol. The van der Waals surface area contributed by atoms with Gasteiger partial charge in [0.1, 0.15) is 5.75 Å². The number of rotatable bonds is 4. The van der Waals surface area contributed by atoms with E-state index in [1.165, 1.54) is 4.31 Å². The molecule has 0 bridgehead atoms. The average Bonchev–Trinajstić information content (AvgIpc) is 3.07. The summed E-state index contributed by atoms with van der Waals surface area (Å²) in [4.78, 5) is 13.9. The minimum atomic E-state index is -3.53. The normalized spacial score (nSPS) is 18.1. The first kappa shape index (κ1) is 17.0. The van der Waals surface area contributed by atoms with Crippen LogP contribution in [0.25, 0.3) is 0 Å². The fourth-order valence-electron chi connectivity index (χ4n) is 2.95. The largest absolute Gasteiger partial charge is 0.493 e. The van der Waals surface area contributed by atoms with E-state index in [-0.39, 0.29) is 6.03 Å². The van der Waals surface area contributed by atoms with Crippen LogP contribution in [0, 0.1) is 0 Å². The summed E-state index contributed by atoms with van der Waals surface area (Å²) in [6.07, 6.45) is 1.62. The minimum Gasteiger partial charge on any atom is -0.493 e. The van der Waals surface area contributed by atoms with Gasteiger partial charge in [-0.25, -0.2) is 13.2 Å². The first-order valence-corrected chi connectivity index (χ1v) is 9.75. The molecule has 8 heteroatoms. The Morgan fingerprint density at radius 3 is 2.71 bits per heavy atom. The lowest BCUT2D eigenvalue weighted by Crippen LogP contribution is -2.53. The Bertz CT molecular complexity index is 712. The van der Waals surface area contributed by atoms with Crippen molar-refractivity contribution in [1.82, 2.24) is 14.5 Å². The summed E-state index contributed by atoms with van der Waals surface area (Å²) in [5.74, 6) is 0.770. The van der Waals surface area contributed by atoms with Crippen LogP contribution >= 0.6 is 0 Å². The lowest BCUT2D eigenvalue weighted by Gasteiger charge is -2.34. The van der Waals surface area contributed by atoms with Gasteiger partial charge in [-0.15, -0.1) is 0 Å². The molecule has 1 saturated heterocycles. The number of hydrogen-bond acceptors (Lipinski definition) is 4. The van der Waals surface area contributed by atoms with Crippen LogP contribution in [0.3, 0.4) is 0 Å². The van der Waals surface area contributed by atoms with E-state index in [1.54, 1.807) is 23.1 Å². The molecular weight excluding hydrogens is 330 g/mol. The van der Waals surface area contributed by atoms with Crippen molar-refractivity contribution in [2.75, 3.05) is 39.3 Å². The van der Waals surface area contributed by atoms with Gasteiger partial charge < -0.3 is 15.0 Å². The van der Waals surface area contributed by atoms with Crippen molar-refractivity contribution in [1.29, 1.82) is 0 Å². The lowest BCUT2D eigenvalue weighted by molar-refractivity contribution is 0.172. The molecule has 2 aliphatic rings. The summed E-state index contributed by atoms with van der Waals surface area (Å²) in [5.41, 5.74) is 0.939. The lowest BCUT2D eigenvalue weighted by atomic mass is 10.2. The number of urea groups is 1. The molecule has 1 N–H and O–H groups in total. The molecule has 2 heterocycles. The molecule has 0 unspecified atom stereocenters. The van der Waals surface area contributed by atoms with Crippen LogP contribution in [0.4, 0.5) is 4.79 Å². The van der Waals surface area contributed by atoms with Crippen molar-refractivity contribution in [2.24, 2.45) is 0 Å². The summed E-state index contributed by atoms with van der Waals surface area (Å²) in [6, 6.07) is 4.91. The highest BCUT2D eigenvalue weighted by Crippen LogP contribution is 2.29. The van der Waals surface area contributed by atoms with Crippen LogP contribution in [0.2, 0.25) is 0 Å². The van der Waals surface area contributed by atoms with Crippen molar-refractivity contribution in [3.63, 3.8) is 0 Å². The smallest absolute Gasteiger partial charge is 0.317 e. The first-order chi connectivity index (χ1) is 11.5. The van der Waals surface area contributed by atoms with Crippen LogP contribution < -0.4 is 10.1 Å². The van der Waals surface area contributed by atoms with Gasteiger partial charge >= 0.3 is 6.03 Å². The van der Waals surface area contributed by atoms with Crippen LogP contribution in [-0.4, -0.2) is 63.0 Å². The van der Waals surface area contributed by atoms with Crippen LogP contribution in [0.15, 0.2) is 23.1 Å². The fourth-order valence-corrected chi connectivity index (χ4v) is 4.42. The topological polar surface area (TPSA) is 79.0 Å². The van der Waals surface area contributed by atoms with Gasteiger partial charge in [0.05, 0.1) is 11.5 Å². The number of carbonyl (C=O) groups is 1. The zero-order chi connectivity index (χ0) is 17.2. The Morgan fingerprint density at radius 2 is 2.00 bits per heavy atom. The second-order valence-corrected chi connectivity index (χ2v) is 7.93. The minimum absolute atomic E-state index is 0.122. The second kappa shape index (κ2) is 6.98. The summed E-state index contributed by atoms with van der Waals surface area (Å²) in [7, 11) is -3.53. The molecule has 0 aromatic heterocycles. The predicted molar refractivity (Wildman–Crippen MR) is 89.7 cm³/mol. The van der Waals surface area contributed by atoms with E-state index in [9.17, 15) is 13.2 Å². The number of nitrogens with zero attached hydrogens (tertiary/aromatic N) is 2. The quantitative estimate of drug-likeness (QED) is 0.877. The van der Waals surface area contributed by atoms with E-state index in [1.807, 2.05) is 6.92 Å². The Balaban J connectivity index is 1.66. The van der Waals surface area contributed by atoms with E-state index in [0.717, 1.165) is 24.2 Å². The molecule has 0 spiro atoms. The van der Waals surface area contributed by atoms with Crippen molar-refractivity contribution >= 4 is 16.1 Å². The molecule has 2 amide bonds. The van der Waals surface area contributed by atoms with Crippen molar-refractivity contribution in [3.05, 3.63) is 23.8 Å². The van der Waals surface area contributed by atoms with Gasteiger partial charge in [0.2, 0.25) is 10.0 Å². The van der Waals surface area contributed by atoms with Crippen LogP contribution in [-0.2, 0) is 16.4 Å². The SMILES string of the molecule is CCCNC(=O)N1CCN(S(=O)(=O)c2ccc3c(c2)CCO3)CC1. The predicted octanol–water partition coefficient (Wildman–Crippen LogP) is 1.05. The summed E-state index contributed by atoms with van der Waals surface area (Å²) >= 11 is 0. The van der Waals surface area contributed by atoms with E-state index in [4.69, 9.17) is 4.74 Å². The number of sulfonamides is 1. The number of hydrogen-bond donors (Lipinski definition) is 1. The third-order valence-electron chi connectivity index (χ3n) is 4.35. The second-order valence-electron chi connectivity index (χ2n) is 5.99. The van der Waals surface area contributed by atoms with Gasteiger partial charge in [-0.1, -0.05) is 6.92 Å². The Labute approximate surface area is 142 Å². The molecule has 0 saturated carbocycles. The maximum absolute atomic E-state index is 12.8. The highest BCUT2D eigenvalue weighted by atomic mass is 32.2. The maximum Gasteiger partial charge on any atom is 0.317 e. The van der Waals surface area contributed by atoms with Gasteiger partial charge in [0, 0.05) is 39.1 Å². The van der Waals surface area contributed by atoms with Gasteiger partial charge in [-0.05, 0) is 30.2 Å². The first-order valence-electron chi connectivity index (χ1n) is 8.31. The van der Waals surface area contributed by atoms with Crippen molar-refractivity contribution in [2.45, 2.75) is 24.7 Å². The number of fused-ring (bicyclic) bond motifs is 1. The molecule has 0 radical (unpaired) electrons. The molecule has 0 aliphatic carbocycles. The van der Waals surface area contributed by atoms with E-state index < -0.39 is 10.0 Å². The number of carbonyl (C=O) groups excluding carboxylic acids is 1. The Hall–Kier alpha value is -1.80. The van der Waals surface area contributed by atoms with Crippen molar-refractivity contribution < 1.29 is 17.9 Å². The highest BCUT2D eigenvalue weighted by Gasteiger charge is 2.30. The number of ether oxygens (including phenoxy) is 1. The fraction of sp³-hybridized carbons (Fsp3) is 0.562. The standard InChI is InChI=1S/C16H23N3O4S/c1-2-6-17-16(20)18-7-9-19(10-8-18)24(21,22)14-3-4-15-13(12-14)5-11-23-15/h3-4,12H,2,5-11H2,1H3,(H,17,20). The maximum atomic E-state index is 12.8. The Kier molecular flexibility index (Phi) is 4.96. The molecule has 3 rings (SSSR count). The van der Waals surface area contributed by atoms with E-state index >= 15 is 0 Å². The van der Waals surface area contributed by atoms with Gasteiger partial charge in [-0.3, -0.25) is 0 Å². The zero-order valence-corrected chi connectivity index (χ0v) is 14.6. The number of nitrogens with one attached hydrogen (secondary N) is 1. The molecular formula is C16H23N3O4S. The molecule has 24 heavy (non-hydrogen) atoms. The molecule has 1 aromatic rings. The van der Waals surface area contributed by atoms with Gasteiger partial charge in [0.15, 0.2) is 0 Å². The van der Waals surface area contributed by atoms with Crippen LogP contribution in [0.5, 0.6) is 5.75 Å². The number of benzene rings is 1. The molecule has 1 fully saturated rings. The zero-order valence-electron chi connectivity index (χ0n) is 13.8. The molecule has 7 nitrogen and oxygen atoms in total. The van der Waals surface area contributed by atoms with Crippen LogP contribution in [0.1, 0.15) is 18.9 Å². The molecule has 2 aliphatic heterocycles. The number of amides is 2. The molecule has 0 atom stereocenters. The third-order valence-corrected chi connectivity index (χ3v) is 6.25. The van der Waals surface area contributed by atoms with Gasteiger partial charge in [0.25, 0.3) is 0 Å². The molecule has 1 aromatic carbocycles. The van der Waals surface area contributed by atoms with E-state index in [2.05, 4.69) is 5.32 Å². The Morgan fingerprint density at radius 1 is 1.25 bits per heavy atom. The highest BCUT2D eigenvalue weighted by molar-refractivity contribution is 7.89. The summed E-state index contributed by atoms with van der Waals surface area (Å²) in [5, 5.41) is 2.82. The van der Waals surface area contributed by atoms with Gasteiger partial charge in [-0.2, -0.15) is 4.31 Å². The number of piperazine rings is 1. The summed E-state index contributed by atoms with van der Waals surface area (Å²) in [6.45, 7) is 4.67. The summed E-state index contributed by atoms with van der Waals surface area (Å²) < 4.78 is 32.5.